The molecule has 0 saturated carbocycles. The van der Waals surface area contributed by atoms with E-state index in [-0.39, 0.29) is 40.1 Å². The second-order valence-electron chi connectivity index (χ2n) is 1.78. The van der Waals surface area contributed by atoms with E-state index in [0.29, 0.717) is 0 Å². The Morgan fingerprint density at radius 3 is 2.27 bits per heavy atom. The average molecular weight is 180 g/mol. The quantitative estimate of drug-likeness (QED) is 0.564. The zero-order valence-electron chi connectivity index (χ0n) is 6.04. The maximum Gasteiger partial charge on any atom is 1.00 e. The minimum atomic E-state index is -0.995. The number of benzene rings is 1. The topological polar surface area (TPSA) is 37.3 Å². The number of hydrogen-bond donors (Lipinski definition) is 1. The van der Waals surface area contributed by atoms with Gasteiger partial charge in [-0.2, -0.15) is 0 Å². The van der Waals surface area contributed by atoms with Gasteiger partial charge in [0.1, 0.15) is 0 Å². The Bertz CT molecular complexity index is 262. The summed E-state index contributed by atoms with van der Waals surface area (Å²) in [6, 6.07) is 6.33. The smallest absolute Gasteiger partial charge is 0.478 e. The summed E-state index contributed by atoms with van der Waals surface area (Å²) >= 11 is 5.54. The predicted octanol–water partition coefficient (Wildman–Crippen LogP) is -0.958. The first kappa shape index (κ1) is 11.0. The zero-order chi connectivity index (χ0) is 7.56. The van der Waals surface area contributed by atoms with Gasteiger partial charge in [-0.25, -0.2) is 4.79 Å². The third kappa shape index (κ3) is 2.83. The number of carboxylic acid groups (broad SMARTS) is 1. The van der Waals surface area contributed by atoms with Crippen LogP contribution in [0.5, 0.6) is 0 Å². The van der Waals surface area contributed by atoms with Gasteiger partial charge in [-0.3, -0.25) is 0 Å². The van der Waals surface area contributed by atoms with Crippen molar-refractivity contribution >= 4 is 17.6 Å². The molecule has 0 aliphatic heterocycles. The summed E-state index contributed by atoms with van der Waals surface area (Å²) in [7, 11) is 0. The normalized spacial score (nSPS) is 8.45. The summed E-state index contributed by atoms with van der Waals surface area (Å²) in [5.74, 6) is -0.995. The van der Waals surface area contributed by atoms with Crippen molar-refractivity contribution in [2.24, 2.45) is 0 Å². The standard InChI is InChI=1S/C7H5ClO2.Na/c8-6-4-2-1-3-5(6)7(9)10;/h1-4H,(H,9,10);/q;+1. The van der Waals surface area contributed by atoms with Crippen LogP contribution < -0.4 is 29.6 Å². The van der Waals surface area contributed by atoms with E-state index in [9.17, 15) is 4.79 Å². The third-order valence-corrected chi connectivity index (χ3v) is 1.43. The molecule has 0 aromatic heterocycles. The Morgan fingerprint density at radius 2 is 1.91 bits per heavy atom. The van der Waals surface area contributed by atoms with Gasteiger partial charge in [-0.15, -0.1) is 0 Å². The largest absolute Gasteiger partial charge is 1.00 e. The predicted molar refractivity (Wildman–Crippen MR) is 38.4 cm³/mol. The van der Waals surface area contributed by atoms with Crippen molar-refractivity contribution in [1.82, 2.24) is 0 Å². The molecule has 0 atom stereocenters. The van der Waals surface area contributed by atoms with Crippen molar-refractivity contribution in [3.05, 3.63) is 34.9 Å². The van der Waals surface area contributed by atoms with Crippen LogP contribution in [0.25, 0.3) is 0 Å². The zero-order valence-corrected chi connectivity index (χ0v) is 8.80. The van der Waals surface area contributed by atoms with Gasteiger partial charge in [-0.05, 0) is 12.1 Å². The summed E-state index contributed by atoms with van der Waals surface area (Å²) in [5.41, 5.74) is 0.143. The molecule has 0 amide bonds. The van der Waals surface area contributed by atoms with Crippen LogP contribution in [0.4, 0.5) is 0 Å². The first-order valence-corrected chi connectivity index (χ1v) is 3.07. The van der Waals surface area contributed by atoms with Crippen LogP contribution >= 0.6 is 11.6 Å². The maximum absolute atomic E-state index is 10.3. The minimum Gasteiger partial charge on any atom is -0.478 e. The monoisotopic (exact) mass is 179 g/mol. The number of rotatable bonds is 1. The fourth-order valence-electron chi connectivity index (χ4n) is 0.635. The molecule has 52 valence electrons. The Balaban J connectivity index is 0.000001000. The van der Waals surface area contributed by atoms with E-state index in [2.05, 4.69) is 0 Å². The Kier molecular flexibility index (Phi) is 4.77. The molecule has 0 aliphatic rings. The molecule has 0 bridgehead atoms. The Labute approximate surface area is 91.5 Å². The van der Waals surface area contributed by atoms with Crippen LogP contribution in [0, 0.1) is 0 Å². The van der Waals surface area contributed by atoms with Crippen LogP contribution in [-0.4, -0.2) is 11.1 Å². The number of halogens is 1. The molecule has 0 radical (unpaired) electrons. The van der Waals surface area contributed by atoms with Crippen LogP contribution in [0.2, 0.25) is 5.02 Å². The molecule has 0 unspecified atom stereocenters. The van der Waals surface area contributed by atoms with Gasteiger partial charge in [0.15, 0.2) is 0 Å². The first-order valence-electron chi connectivity index (χ1n) is 2.69. The molecule has 2 nitrogen and oxygen atoms in total. The molecule has 0 saturated heterocycles. The van der Waals surface area contributed by atoms with E-state index in [1.165, 1.54) is 6.07 Å². The molecular formula is C7H5ClNaO2+. The van der Waals surface area contributed by atoms with Crippen molar-refractivity contribution in [3.63, 3.8) is 0 Å². The second-order valence-corrected chi connectivity index (χ2v) is 2.19. The van der Waals surface area contributed by atoms with Gasteiger partial charge in [0, 0.05) is 0 Å². The fraction of sp³-hybridized carbons (Fsp3) is 0. The molecule has 0 aliphatic carbocycles. The minimum absolute atomic E-state index is 0. The summed E-state index contributed by atoms with van der Waals surface area (Å²) in [6.45, 7) is 0. The second kappa shape index (κ2) is 4.78. The molecule has 0 spiro atoms. The summed E-state index contributed by atoms with van der Waals surface area (Å²) in [5, 5.41) is 8.75. The molecule has 1 N–H and O–H groups in total. The first-order chi connectivity index (χ1) is 4.72. The van der Waals surface area contributed by atoms with Crippen LogP contribution in [-0.2, 0) is 0 Å². The van der Waals surface area contributed by atoms with Gasteiger partial charge in [0.2, 0.25) is 0 Å². The van der Waals surface area contributed by atoms with Gasteiger partial charge >= 0.3 is 35.5 Å². The third-order valence-electron chi connectivity index (χ3n) is 1.10. The Hall–Kier alpha value is -0.0200. The molecule has 1 rings (SSSR count). The van der Waals surface area contributed by atoms with Gasteiger partial charge in [-0.1, -0.05) is 23.7 Å². The van der Waals surface area contributed by atoms with Crippen molar-refractivity contribution in [2.45, 2.75) is 0 Å². The van der Waals surface area contributed by atoms with Crippen molar-refractivity contribution in [1.29, 1.82) is 0 Å². The molecular weight excluding hydrogens is 175 g/mol. The van der Waals surface area contributed by atoms with Crippen LogP contribution in [0.3, 0.4) is 0 Å². The molecule has 11 heavy (non-hydrogen) atoms. The maximum atomic E-state index is 10.3. The van der Waals surface area contributed by atoms with Crippen molar-refractivity contribution in [2.75, 3.05) is 0 Å². The summed E-state index contributed by atoms with van der Waals surface area (Å²) in [6.07, 6.45) is 0. The van der Waals surface area contributed by atoms with Crippen LogP contribution in [0.15, 0.2) is 24.3 Å². The summed E-state index contributed by atoms with van der Waals surface area (Å²) < 4.78 is 0. The van der Waals surface area contributed by atoms with Crippen LogP contribution in [0.1, 0.15) is 10.4 Å². The van der Waals surface area contributed by atoms with Gasteiger partial charge in [0.05, 0.1) is 10.6 Å². The fourth-order valence-corrected chi connectivity index (χ4v) is 0.851. The molecule has 1 aromatic rings. The number of aromatic carboxylic acids is 1. The van der Waals surface area contributed by atoms with E-state index < -0.39 is 5.97 Å². The van der Waals surface area contributed by atoms with E-state index >= 15 is 0 Å². The van der Waals surface area contributed by atoms with Gasteiger partial charge in [0.25, 0.3) is 0 Å². The van der Waals surface area contributed by atoms with Crippen molar-refractivity contribution < 1.29 is 39.5 Å². The number of carboxylic acids is 1. The number of carbonyl (C=O) groups is 1. The number of hydrogen-bond acceptors (Lipinski definition) is 1. The van der Waals surface area contributed by atoms with Crippen molar-refractivity contribution in [3.8, 4) is 0 Å². The molecule has 1 aromatic carbocycles. The molecule has 0 heterocycles. The van der Waals surface area contributed by atoms with E-state index in [0.717, 1.165) is 0 Å². The Morgan fingerprint density at radius 1 is 1.36 bits per heavy atom. The van der Waals surface area contributed by atoms with E-state index in [4.69, 9.17) is 16.7 Å². The van der Waals surface area contributed by atoms with Gasteiger partial charge < -0.3 is 5.11 Å². The summed E-state index contributed by atoms with van der Waals surface area (Å²) in [4.78, 5) is 10.3. The molecule has 4 heteroatoms. The van der Waals surface area contributed by atoms with E-state index in [1.54, 1.807) is 18.2 Å². The van der Waals surface area contributed by atoms with E-state index in [1.807, 2.05) is 0 Å². The SMILES string of the molecule is O=C(O)c1ccccc1Cl.[Na+]. The molecule has 0 fully saturated rings. The average Bonchev–Trinajstić information content (AvgIpc) is 1.88.